The van der Waals surface area contributed by atoms with Gasteiger partial charge in [-0.1, -0.05) is 0 Å². The first kappa shape index (κ1) is 18.8. The van der Waals surface area contributed by atoms with Crippen LogP contribution in [0.4, 0.5) is 0 Å². The van der Waals surface area contributed by atoms with Crippen LogP contribution in [0.2, 0.25) is 0 Å². The molecule has 1 atom stereocenters. The van der Waals surface area contributed by atoms with Crippen LogP contribution >= 0.6 is 34.4 Å². The number of benzene rings is 2. The first-order valence-electron chi connectivity index (χ1n) is 7.58. The van der Waals surface area contributed by atoms with E-state index in [4.69, 9.17) is 9.47 Å². The van der Waals surface area contributed by atoms with E-state index in [1.54, 1.807) is 56.3 Å². The van der Waals surface area contributed by atoms with Crippen molar-refractivity contribution in [1.29, 1.82) is 0 Å². The summed E-state index contributed by atoms with van der Waals surface area (Å²) in [6.45, 7) is 0.462. The van der Waals surface area contributed by atoms with Crippen molar-refractivity contribution in [2.75, 3.05) is 26.5 Å². The predicted molar refractivity (Wildman–Crippen MR) is 108 cm³/mol. The van der Waals surface area contributed by atoms with Crippen LogP contribution in [0.15, 0.2) is 47.4 Å². The quantitative estimate of drug-likeness (QED) is 0.597. The molecule has 0 radical (unpaired) electrons. The molecule has 0 N–H and O–H groups in total. The standard InChI is InChI=1S/C17H18INO4S2/c1-22-13-5-8-16(23-2)15(11-13)17-19(9-10-24-17)25(20,21)14-6-3-12(18)4-7-14/h3-8,11,17H,9-10H2,1-2H3. The van der Waals surface area contributed by atoms with Crippen LogP contribution in [-0.4, -0.2) is 39.2 Å². The van der Waals surface area contributed by atoms with E-state index in [9.17, 15) is 8.42 Å². The molecule has 3 rings (SSSR count). The highest BCUT2D eigenvalue weighted by Gasteiger charge is 2.38. The van der Waals surface area contributed by atoms with E-state index >= 15 is 0 Å². The summed E-state index contributed by atoms with van der Waals surface area (Å²) in [4.78, 5) is 0.308. The molecule has 0 bridgehead atoms. The molecule has 0 aromatic heterocycles. The molecule has 1 unspecified atom stereocenters. The SMILES string of the molecule is COc1ccc(OC)c(C2SCCN2S(=O)(=O)c2ccc(I)cc2)c1. The molecule has 0 saturated carbocycles. The van der Waals surface area contributed by atoms with Crippen LogP contribution in [0.1, 0.15) is 10.9 Å². The average molecular weight is 491 g/mol. The zero-order valence-electron chi connectivity index (χ0n) is 13.8. The van der Waals surface area contributed by atoms with Crippen molar-refractivity contribution in [2.45, 2.75) is 10.3 Å². The molecular weight excluding hydrogens is 473 g/mol. The Kier molecular flexibility index (Phi) is 5.81. The summed E-state index contributed by atoms with van der Waals surface area (Å²) in [5.74, 6) is 2.06. The monoisotopic (exact) mass is 491 g/mol. The van der Waals surface area contributed by atoms with Crippen molar-refractivity contribution in [1.82, 2.24) is 4.31 Å². The molecule has 25 heavy (non-hydrogen) atoms. The second-order valence-corrected chi connectivity index (χ2v) is 9.72. The topological polar surface area (TPSA) is 55.8 Å². The lowest BCUT2D eigenvalue weighted by atomic mass is 10.2. The molecule has 0 amide bonds. The Labute approximate surface area is 165 Å². The molecular formula is C17H18INO4S2. The van der Waals surface area contributed by atoms with E-state index in [2.05, 4.69) is 22.6 Å². The van der Waals surface area contributed by atoms with Gasteiger partial charge < -0.3 is 9.47 Å². The Bertz CT molecular complexity index is 855. The second-order valence-electron chi connectivity index (χ2n) is 5.40. The number of ether oxygens (including phenoxy) is 2. The van der Waals surface area contributed by atoms with E-state index in [1.165, 1.54) is 4.31 Å². The fourth-order valence-corrected chi connectivity index (χ4v) is 6.33. The molecule has 0 spiro atoms. The van der Waals surface area contributed by atoms with Crippen LogP contribution in [0.5, 0.6) is 11.5 Å². The van der Waals surface area contributed by atoms with E-state index in [0.29, 0.717) is 22.9 Å². The average Bonchev–Trinajstić information content (AvgIpc) is 3.12. The lowest BCUT2D eigenvalue weighted by molar-refractivity contribution is 0.382. The minimum atomic E-state index is -3.58. The Balaban J connectivity index is 2.02. The third-order valence-corrected chi connectivity index (χ3v) is 7.95. The fourth-order valence-electron chi connectivity index (χ4n) is 2.72. The van der Waals surface area contributed by atoms with Gasteiger partial charge in [0.25, 0.3) is 0 Å². The smallest absolute Gasteiger partial charge is 0.244 e. The second kappa shape index (κ2) is 7.73. The van der Waals surface area contributed by atoms with Gasteiger partial charge in [-0.3, -0.25) is 0 Å². The summed E-state index contributed by atoms with van der Waals surface area (Å²) in [6.07, 6.45) is 0. The van der Waals surface area contributed by atoms with Gasteiger partial charge in [0.15, 0.2) is 0 Å². The van der Waals surface area contributed by atoms with Gasteiger partial charge in [0.05, 0.1) is 24.5 Å². The number of hydrogen-bond acceptors (Lipinski definition) is 5. The third-order valence-electron chi connectivity index (χ3n) is 3.97. The van der Waals surface area contributed by atoms with Gasteiger partial charge in [-0.15, -0.1) is 11.8 Å². The van der Waals surface area contributed by atoms with Crippen molar-refractivity contribution in [3.05, 3.63) is 51.6 Å². The van der Waals surface area contributed by atoms with E-state index in [0.717, 1.165) is 14.9 Å². The maximum Gasteiger partial charge on any atom is 0.244 e. The highest BCUT2D eigenvalue weighted by Crippen LogP contribution is 2.45. The van der Waals surface area contributed by atoms with Gasteiger partial charge in [0.1, 0.15) is 11.5 Å². The molecule has 1 saturated heterocycles. The number of sulfonamides is 1. The highest BCUT2D eigenvalue weighted by molar-refractivity contribution is 14.1. The fraction of sp³-hybridized carbons (Fsp3) is 0.294. The van der Waals surface area contributed by atoms with Gasteiger partial charge in [0.2, 0.25) is 10.0 Å². The van der Waals surface area contributed by atoms with Crippen LogP contribution in [-0.2, 0) is 10.0 Å². The number of rotatable bonds is 5. The molecule has 2 aromatic rings. The lowest BCUT2D eigenvalue weighted by Crippen LogP contribution is -2.30. The zero-order valence-corrected chi connectivity index (χ0v) is 17.6. The van der Waals surface area contributed by atoms with Gasteiger partial charge in [0, 0.05) is 21.4 Å². The molecule has 1 aliphatic heterocycles. The molecule has 134 valence electrons. The first-order chi connectivity index (χ1) is 12.0. The summed E-state index contributed by atoms with van der Waals surface area (Å²) in [6, 6.07) is 12.4. The van der Waals surface area contributed by atoms with Crippen LogP contribution in [0.25, 0.3) is 0 Å². The molecule has 2 aromatic carbocycles. The molecule has 0 aliphatic carbocycles. The molecule has 1 heterocycles. The van der Waals surface area contributed by atoms with Crippen LogP contribution < -0.4 is 9.47 Å². The Hall–Kier alpha value is -0.970. The lowest BCUT2D eigenvalue weighted by Gasteiger charge is -2.25. The van der Waals surface area contributed by atoms with E-state index < -0.39 is 10.0 Å². The summed E-state index contributed by atoms with van der Waals surface area (Å²) in [7, 11) is -0.408. The molecule has 5 nitrogen and oxygen atoms in total. The first-order valence-corrected chi connectivity index (χ1v) is 11.1. The van der Waals surface area contributed by atoms with Crippen molar-refractivity contribution in [3.63, 3.8) is 0 Å². The van der Waals surface area contributed by atoms with Crippen LogP contribution in [0, 0.1) is 3.57 Å². The summed E-state index contributed by atoms with van der Waals surface area (Å²) >= 11 is 3.75. The molecule has 8 heteroatoms. The maximum atomic E-state index is 13.1. The van der Waals surface area contributed by atoms with Crippen LogP contribution in [0.3, 0.4) is 0 Å². The van der Waals surface area contributed by atoms with Gasteiger partial charge in [-0.25, -0.2) is 8.42 Å². The number of thioether (sulfide) groups is 1. The van der Waals surface area contributed by atoms with Crippen molar-refractivity contribution < 1.29 is 17.9 Å². The van der Waals surface area contributed by atoms with Crippen molar-refractivity contribution in [2.24, 2.45) is 0 Å². The Morgan fingerprint density at radius 2 is 1.84 bits per heavy atom. The van der Waals surface area contributed by atoms with Gasteiger partial charge in [-0.2, -0.15) is 4.31 Å². The number of nitrogens with zero attached hydrogens (tertiary/aromatic N) is 1. The molecule has 1 aliphatic rings. The Morgan fingerprint density at radius 3 is 2.48 bits per heavy atom. The van der Waals surface area contributed by atoms with Crippen molar-refractivity contribution >= 4 is 44.4 Å². The Morgan fingerprint density at radius 1 is 1.12 bits per heavy atom. The summed E-state index contributed by atoms with van der Waals surface area (Å²) in [5, 5.41) is -0.339. The summed E-state index contributed by atoms with van der Waals surface area (Å²) in [5.41, 5.74) is 0.804. The van der Waals surface area contributed by atoms with E-state index in [1.807, 2.05) is 12.1 Å². The third kappa shape index (κ3) is 3.76. The zero-order chi connectivity index (χ0) is 18.0. The van der Waals surface area contributed by atoms with Gasteiger partial charge >= 0.3 is 0 Å². The minimum Gasteiger partial charge on any atom is -0.497 e. The van der Waals surface area contributed by atoms with Crippen molar-refractivity contribution in [3.8, 4) is 11.5 Å². The maximum absolute atomic E-state index is 13.1. The summed E-state index contributed by atoms with van der Waals surface area (Å²) < 4.78 is 39.5. The number of methoxy groups -OCH3 is 2. The van der Waals surface area contributed by atoms with Gasteiger partial charge in [-0.05, 0) is 65.1 Å². The van der Waals surface area contributed by atoms with E-state index in [-0.39, 0.29) is 5.37 Å². The number of hydrogen-bond donors (Lipinski definition) is 0. The largest absolute Gasteiger partial charge is 0.497 e. The normalized spacial score (nSPS) is 18.3. The predicted octanol–water partition coefficient (Wildman–Crippen LogP) is 3.74. The molecule has 1 fully saturated rings. The number of halogens is 1. The minimum absolute atomic E-state index is 0.308. The highest BCUT2D eigenvalue weighted by atomic mass is 127.